The number of hydrogen-bond donors (Lipinski definition) is 0. The zero-order valence-electron chi connectivity index (χ0n) is 42.5. The molecule has 0 amide bonds. The van der Waals surface area contributed by atoms with Gasteiger partial charge in [-0.25, -0.2) is 4.79 Å². The number of allylic oxidation sites excluding steroid dienone is 13. The van der Waals surface area contributed by atoms with Crippen molar-refractivity contribution in [3.05, 3.63) is 83.1 Å². The van der Waals surface area contributed by atoms with E-state index in [-0.39, 0.29) is 24.0 Å². The van der Waals surface area contributed by atoms with Gasteiger partial charge in [0.15, 0.2) is 5.78 Å². The molecule has 0 saturated carbocycles. The van der Waals surface area contributed by atoms with Gasteiger partial charge >= 0.3 is 5.97 Å². The molecule has 0 radical (unpaired) electrons. The topological polar surface area (TPSA) is 77.5 Å². The third-order valence-electron chi connectivity index (χ3n) is 12.8. The van der Waals surface area contributed by atoms with Crippen molar-refractivity contribution in [3.8, 4) is 0 Å². The molecule has 1 unspecified atom stereocenters. The molecular weight excluding hydrogens is 789 g/mol. The lowest BCUT2D eigenvalue weighted by Crippen LogP contribution is -2.34. The minimum absolute atomic E-state index is 0.128. The van der Waals surface area contributed by atoms with Crippen LogP contribution >= 0.6 is 0 Å². The molecule has 0 aromatic rings. The summed E-state index contributed by atoms with van der Waals surface area (Å²) in [6.45, 7) is 14.8. The standard InChI is InChI=1S/C59H96O5/c1-8-10-12-14-16-18-20-22-24-26-28-30-32-34-36-43-55(60)53(58(63)56(61)44-37-35-33-31-29-27-25-23-21-19-17-15-13-11-9-2)49-64-57(62)48-51(4)41-38-40-50(3)45-46-54-52(5)42-39-47-59(54,6)7/h22-25,38,40-41,45-46,48,53H,8-21,26-37,39,42-44,47,49H2,1-7H3/b24-22-,25-23-,41-38?,46-45?,50-40-,51-48?. The molecule has 1 rings (SSSR count). The van der Waals surface area contributed by atoms with Crippen molar-refractivity contribution in [1.29, 1.82) is 0 Å². The van der Waals surface area contributed by atoms with Crippen molar-refractivity contribution in [2.45, 2.75) is 248 Å². The number of rotatable bonds is 40. The molecule has 1 aliphatic carbocycles. The molecule has 5 nitrogen and oxygen atoms in total. The van der Waals surface area contributed by atoms with E-state index in [1.165, 1.54) is 120 Å². The summed E-state index contributed by atoms with van der Waals surface area (Å²) in [6, 6.07) is 0. The largest absolute Gasteiger partial charge is 0.461 e. The summed E-state index contributed by atoms with van der Waals surface area (Å²) in [5.74, 6) is -3.41. The van der Waals surface area contributed by atoms with Gasteiger partial charge in [-0.1, -0.05) is 196 Å². The van der Waals surface area contributed by atoms with E-state index in [0.717, 1.165) is 76.2 Å². The molecule has 0 aromatic carbocycles. The molecule has 5 heteroatoms. The van der Waals surface area contributed by atoms with Crippen LogP contribution in [0.3, 0.4) is 0 Å². The lowest BCUT2D eigenvalue weighted by Gasteiger charge is -2.32. The Morgan fingerprint density at radius 1 is 0.609 bits per heavy atom. The molecule has 0 N–H and O–H groups in total. The summed E-state index contributed by atoms with van der Waals surface area (Å²) in [5, 5.41) is 0. The maximum absolute atomic E-state index is 13.5. The number of esters is 1. The van der Waals surface area contributed by atoms with Crippen LogP contribution in [-0.2, 0) is 23.9 Å². The SMILES string of the molecule is CCCCCCCC/C=C\CCCCCCCC(=O)C(=O)C(COC(=O)C=C(C)C=C/C=C(/C)C=CC1=C(C)CCCC1(C)C)C(=O)CCCCCCC/C=C\CCCCCCCC. The summed E-state index contributed by atoms with van der Waals surface area (Å²) in [7, 11) is 0. The van der Waals surface area contributed by atoms with Crippen molar-refractivity contribution in [3.63, 3.8) is 0 Å². The van der Waals surface area contributed by atoms with Gasteiger partial charge in [0, 0.05) is 18.9 Å². The van der Waals surface area contributed by atoms with Crippen molar-refractivity contribution < 1.29 is 23.9 Å². The smallest absolute Gasteiger partial charge is 0.331 e. The fourth-order valence-electron chi connectivity index (χ4n) is 8.61. The minimum Gasteiger partial charge on any atom is -0.461 e. The summed E-state index contributed by atoms with van der Waals surface area (Å²) in [6.07, 6.45) is 54.7. The Morgan fingerprint density at radius 2 is 1.08 bits per heavy atom. The zero-order chi connectivity index (χ0) is 47.1. The van der Waals surface area contributed by atoms with Crippen LogP contribution in [0.5, 0.6) is 0 Å². The molecular formula is C59H96O5. The quantitative estimate of drug-likeness (QED) is 0.0117. The van der Waals surface area contributed by atoms with Crippen molar-refractivity contribution in [2.75, 3.05) is 6.61 Å². The Bertz CT molecular complexity index is 1510. The molecule has 0 spiro atoms. The molecule has 1 atom stereocenters. The molecule has 0 aromatic heterocycles. The van der Waals surface area contributed by atoms with Gasteiger partial charge in [-0.15, -0.1) is 0 Å². The van der Waals surface area contributed by atoms with Crippen LogP contribution in [0.25, 0.3) is 0 Å². The second kappa shape index (κ2) is 38.9. The first-order chi connectivity index (χ1) is 30.9. The Hall–Kier alpha value is -3.34. The van der Waals surface area contributed by atoms with Crippen molar-refractivity contribution in [1.82, 2.24) is 0 Å². The second-order valence-corrected chi connectivity index (χ2v) is 19.5. The summed E-state index contributed by atoms with van der Waals surface area (Å²) in [5.41, 5.74) is 4.86. The highest BCUT2D eigenvalue weighted by atomic mass is 16.5. The number of ether oxygens (including phenoxy) is 1. The molecule has 0 aliphatic heterocycles. The Kier molecular flexibility index (Phi) is 35.7. The highest BCUT2D eigenvalue weighted by molar-refractivity contribution is 6.41. The van der Waals surface area contributed by atoms with Crippen LogP contribution < -0.4 is 0 Å². The van der Waals surface area contributed by atoms with Crippen LogP contribution in [0.15, 0.2) is 83.1 Å². The summed E-state index contributed by atoms with van der Waals surface area (Å²) in [4.78, 5) is 52.9. The zero-order valence-corrected chi connectivity index (χ0v) is 42.5. The minimum atomic E-state index is -1.24. The number of carbonyl (C=O) groups excluding carboxylic acids is 4. The number of ketones is 3. The fraction of sp³-hybridized carbons (Fsp3) is 0.695. The van der Waals surface area contributed by atoms with E-state index < -0.39 is 30.1 Å². The maximum atomic E-state index is 13.5. The van der Waals surface area contributed by atoms with Crippen LogP contribution in [0.4, 0.5) is 0 Å². The van der Waals surface area contributed by atoms with Crippen LogP contribution in [0.1, 0.15) is 248 Å². The molecule has 1 aliphatic rings. The molecule has 362 valence electrons. The second-order valence-electron chi connectivity index (χ2n) is 19.5. The average Bonchev–Trinajstić information content (AvgIpc) is 3.25. The molecule has 64 heavy (non-hydrogen) atoms. The molecule has 0 saturated heterocycles. The van der Waals surface area contributed by atoms with Crippen LogP contribution in [0, 0.1) is 11.3 Å². The molecule has 0 heterocycles. The van der Waals surface area contributed by atoms with Crippen LogP contribution in [-0.4, -0.2) is 29.9 Å². The van der Waals surface area contributed by atoms with Crippen molar-refractivity contribution in [2.24, 2.45) is 11.3 Å². The van der Waals surface area contributed by atoms with Gasteiger partial charge in [-0.2, -0.15) is 0 Å². The number of hydrogen-bond acceptors (Lipinski definition) is 5. The normalized spacial score (nSPS) is 15.4. The van der Waals surface area contributed by atoms with E-state index in [0.29, 0.717) is 18.4 Å². The van der Waals surface area contributed by atoms with Gasteiger partial charge in [0.2, 0.25) is 5.78 Å². The van der Waals surface area contributed by atoms with Gasteiger partial charge in [-0.05, 0) is 121 Å². The number of unbranched alkanes of at least 4 members (excludes halogenated alkanes) is 22. The van der Waals surface area contributed by atoms with Crippen LogP contribution in [0.2, 0.25) is 0 Å². The third kappa shape index (κ3) is 30.7. The predicted octanol–water partition coefficient (Wildman–Crippen LogP) is 17.5. The highest BCUT2D eigenvalue weighted by Gasteiger charge is 2.32. The van der Waals surface area contributed by atoms with Gasteiger partial charge in [0.1, 0.15) is 18.3 Å². The Morgan fingerprint density at radius 3 is 1.58 bits per heavy atom. The average molecular weight is 885 g/mol. The first-order valence-electron chi connectivity index (χ1n) is 26.4. The van der Waals surface area contributed by atoms with Crippen molar-refractivity contribution >= 4 is 23.3 Å². The lowest BCUT2D eigenvalue weighted by molar-refractivity contribution is -0.148. The Balaban J connectivity index is 2.65. The van der Waals surface area contributed by atoms with E-state index in [4.69, 9.17) is 4.74 Å². The first-order valence-corrected chi connectivity index (χ1v) is 26.4. The first kappa shape index (κ1) is 58.7. The number of carbonyl (C=O) groups is 4. The Labute approximate surface area is 394 Å². The van der Waals surface area contributed by atoms with Gasteiger partial charge < -0.3 is 4.74 Å². The number of Topliss-reactive ketones (excluding diaryl/α,β-unsaturated/α-hetero) is 3. The van der Waals surface area contributed by atoms with Gasteiger partial charge in [0.25, 0.3) is 0 Å². The fourth-order valence-corrected chi connectivity index (χ4v) is 8.61. The summed E-state index contributed by atoms with van der Waals surface area (Å²) < 4.78 is 5.50. The van der Waals surface area contributed by atoms with E-state index in [9.17, 15) is 19.2 Å². The van der Waals surface area contributed by atoms with Gasteiger partial charge in [-0.3, -0.25) is 14.4 Å². The van der Waals surface area contributed by atoms with E-state index in [1.54, 1.807) is 0 Å². The molecule has 0 fully saturated rings. The van der Waals surface area contributed by atoms with E-state index >= 15 is 0 Å². The highest BCUT2D eigenvalue weighted by Crippen LogP contribution is 2.40. The van der Waals surface area contributed by atoms with E-state index in [2.05, 4.69) is 78.0 Å². The van der Waals surface area contributed by atoms with Gasteiger partial charge in [0.05, 0.1) is 0 Å². The monoisotopic (exact) mass is 885 g/mol. The lowest BCUT2D eigenvalue weighted by atomic mass is 9.72. The predicted molar refractivity (Wildman–Crippen MR) is 274 cm³/mol. The summed E-state index contributed by atoms with van der Waals surface area (Å²) >= 11 is 0. The third-order valence-corrected chi connectivity index (χ3v) is 12.8. The maximum Gasteiger partial charge on any atom is 0.331 e. The molecule has 0 bridgehead atoms. The van der Waals surface area contributed by atoms with E-state index in [1.807, 2.05) is 25.2 Å².